The van der Waals surface area contributed by atoms with Crippen molar-refractivity contribution < 1.29 is 4.79 Å². The molecule has 0 heterocycles. The molecule has 0 unspecified atom stereocenters. The quantitative estimate of drug-likeness (QED) is 0.658. The van der Waals surface area contributed by atoms with Crippen molar-refractivity contribution in [3.05, 3.63) is 64.1 Å². The van der Waals surface area contributed by atoms with Crippen LogP contribution in [-0.2, 0) is 4.79 Å². The minimum absolute atomic E-state index is 0.295. The summed E-state index contributed by atoms with van der Waals surface area (Å²) >= 11 is 11.9. The highest BCUT2D eigenvalue weighted by Crippen LogP contribution is 2.30. The number of benzene rings is 2. The number of carbonyl (C=O) groups is 1. The molecule has 20 heavy (non-hydrogen) atoms. The van der Waals surface area contributed by atoms with Crippen molar-refractivity contribution in [3.8, 4) is 0 Å². The van der Waals surface area contributed by atoms with Gasteiger partial charge in [0.2, 0.25) is 5.91 Å². The first-order valence-corrected chi connectivity index (χ1v) is 6.60. The van der Waals surface area contributed by atoms with E-state index in [0.29, 0.717) is 21.4 Å². The first-order valence-electron chi connectivity index (χ1n) is 5.85. The highest BCUT2D eigenvalue weighted by molar-refractivity contribution is 6.37. The van der Waals surface area contributed by atoms with Crippen LogP contribution >= 0.6 is 23.2 Å². The van der Waals surface area contributed by atoms with Gasteiger partial charge < -0.3 is 11.1 Å². The summed E-state index contributed by atoms with van der Waals surface area (Å²) in [5.74, 6) is -0.295. The summed E-state index contributed by atoms with van der Waals surface area (Å²) in [7, 11) is 0. The van der Waals surface area contributed by atoms with Gasteiger partial charge in [0.25, 0.3) is 0 Å². The topological polar surface area (TPSA) is 55.1 Å². The van der Waals surface area contributed by atoms with Gasteiger partial charge in [0, 0.05) is 6.08 Å². The molecule has 0 aliphatic rings. The van der Waals surface area contributed by atoms with Crippen LogP contribution in [0.15, 0.2) is 48.5 Å². The second-order valence-electron chi connectivity index (χ2n) is 4.09. The van der Waals surface area contributed by atoms with E-state index in [1.165, 1.54) is 18.2 Å². The lowest BCUT2D eigenvalue weighted by Crippen LogP contribution is -2.08. The highest BCUT2D eigenvalue weighted by Gasteiger charge is 2.07. The fourth-order valence-electron chi connectivity index (χ4n) is 1.57. The number of anilines is 2. The van der Waals surface area contributed by atoms with Gasteiger partial charge in [-0.2, -0.15) is 0 Å². The third-order valence-electron chi connectivity index (χ3n) is 2.57. The van der Waals surface area contributed by atoms with Gasteiger partial charge in [-0.15, -0.1) is 0 Å². The molecule has 0 bridgehead atoms. The van der Waals surface area contributed by atoms with Gasteiger partial charge in [0.1, 0.15) is 0 Å². The van der Waals surface area contributed by atoms with Gasteiger partial charge in [-0.05, 0) is 23.8 Å². The number of nitrogens with one attached hydrogen (secondary N) is 1. The van der Waals surface area contributed by atoms with Crippen LogP contribution in [0.5, 0.6) is 0 Å². The Morgan fingerprint density at radius 3 is 2.50 bits per heavy atom. The summed E-state index contributed by atoms with van der Waals surface area (Å²) < 4.78 is 0. The Balaban J connectivity index is 2.09. The van der Waals surface area contributed by atoms with Crippen LogP contribution in [0, 0.1) is 0 Å². The van der Waals surface area contributed by atoms with Crippen LogP contribution in [0.1, 0.15) is 5.56 Å². The SMILES string of the molecule is Nc1cc(Cl)c(NC(=O)C=Cc2ccccc2)cc1Cl. The minimum Gasteiger partial charge on any atom is -0.397 e. The second-order valence-corrected chi connectivity index (χ2v) is 4.90. The summed E-state index contributed by atoms with van der Waals surface area (Å²) in [5.41, 5.74) is 7.34. The van der Waals surface area contributed by atoms with Crippen LogP contribution < -0.4 is 11.1 Å². The van der Waals surface area contributed by atoms with Crippen molar-refractivity contribution in [1.29, 1.82) is 0 Å². The Morgan fingerprint density at radius 2 is 1.80 bits per heavy atom. The summed E-state index contributed by atoms with van der Waals surface area (Å²) in [6.45, 7) is 0. The first kappa shape index (κ1) is 14.4. The van der Waals surface area contributed by atoms with E-state index in [9.17, 15) is 4.79 Å². The van der Waals surface area contributed by atoms with E-state index in [1.54, 1.807) is 6.08 Å². The van der Waals surface area contributed by atoms with E-state index in [4.69, 9.17) is 28.9 Å². The molecule has 0 saturated heterocycles. The van der Waals surface area contributed by atoms with Crippen molar-refractivity contribution in [3.63, 3.8) is 0 Å². The Hall–Kier alpha value is -1.97. The molecule has 0 atom stereocenters. The largest absolute Gasteiger partial charge is 0.397 e. The Labute approximate surface area is 127 Å². The number of rotatable bonds is 3. The van der Waals surface area contributed by atoms with Crippen molar-refractivity contribution in [2.75, 3.05) is 11.1 Å². The molecule has 2 aromatic carbocycles. The lowest BCUT2D eigenvalue weighted by Gasteiger charge is -2.07. The van der Waals surface area contributed by atoms with Crippen molar-refractivity contribution in [2.45, 2.75) is 0 Å². The zero-order valence-corrected chi connectivity index (χ0v) is 11.9. The molecule has 0 saturated carbocycles. The number of nitrogen functional groups attached to an aromatic ring is 1. The average molecular weight is 307 g/mol. The summed E-state index contributed by atoms with van der Waals surface area (Å²) in [6.07, 6.45) is 3.14. The molecule has 3 nitrogen and oxygen atoms in total. The Kier molecular flexibility index (Phi) is 4.66. The van der Waals surface area contributed by atoms with E-state index in [1.807, 2.05) is 30.3 Å². The molecule has 0 fully saturated rings. The predicted molar refractivity (Wildman–Crippen MR) is 85.0 cm³/mol. The Bertz CT molecular complexity index is 654. The van der Waals surface area contributed by atoms with E-state index in [0.717, 1.165) is 5.56 Å². The molecule has 102 valence electrons. The first-order chi connectivity index (χ1) is 9.56. The number of hydrogen-bond donors (Lipinski definition) is 2. The number of amides is 1. The van der Waals surface area contributed by atoms with Crippen molar-refractivity contribution in [1.82, 2.24) is 0 Å². The van der Waals surface area contributed by atoms with Gasteiger partial charge in [0.05, 0.1) is 21.4 Å². The van der Waals surface area contributed by atoms with Crippen LogP contribution in [0.25, 0.3) is 6.08 Å². The fourth-order valence-corrected chi connectivity index (χ4v) is 1.95. The van der Waals surface area contributed by atoms with E-state index >= 15 is 0 Å². The van der Waals surface area contributed by atoms with Crippen LogP contribution in [0.3, 0.4) is 0 Å². The van der Waals surface area contributed by atoms with Crippen LogP contribution in [0.4, 0.5) is 11.4 Å². The number of carbonyl (C=O) groups excluding carboxylic acids is 1. The summed E-state index contributed by atoms with van der Waals surface area (Å²) in [4.78, 5) is 11.8. The van der Waals surface area contributed by atoms with Gasteiger partial charge in [0.15, 0.2) is 0 Å². The standard InChI is InChI=1S/C15H12Cl2N2O/c16-11-9-14(12(17)8-13(11)18)19-15(20)7-6-10-4-2-1-3-5-10/h1-9H,18H2,(H,19,20). The molecule has 2 rings (SSSR count). The molecule has 2 aromatic rings. The molecule has 0 aliphatic heterocycles. The average Bonchev–Trinajstić information content (AvgIpc) is 2.44. The minimum atomic E-state index is -0.295. The number of hydrogen-bond acceptors (Lipinski definition) is 2. The predicted octanol–water partition coefficient (Wildman–Crippen LogP) is 4.23. The van der Waals surface area contributed by atoms with Crippen molar-refractivity contribution >= 4 is 46.6 Å². The van der Waals surface area contributed by atoms with E-state index < -0.39 is 0 Å². The molecule has 0 aromatic heterocycles. The zero-order valence-electron chi connectivity index (χ0n) is 10.4. The monoisotopic (exact) mass is 306 g/mol. The molecule has 0 radical (unpaired) electrons. The smallest absolute Gasteiger partial charge is 0.248 e. The molecular weight excluding hydrogens is 295 g/mol. The zero-order chi connectivity index (χ0) is 14.5. The highest BCUT2D eigenvalue weighted by atomic mass is 35.5. The number of nitrogens with two attached hydrogens (primary N) is 1. The molecule has 1 amide bonds. The van der Waals surface area contributed by atoms with Crippen LogP contribution in [-0.4, -0.2) is 5.91 Å². The Morgan fingerprint density at radius 1 is 1.10 bits per heavy atom. The third kappa shape index (κ3) is 3.76. The molecule has 5 heteroatoms. The van der Waals surface area contributed by atoms with Crippen molar-refractivity contribution in [2.24, 2.45) is 0 Å². The lowest BCUT2D eigenvalue weighted by molar-refractivity contribution is -0.111. The second kappa shape index (κ2) is 6.46. The normalized spacial score (nSPS) is 10.7. The lowest BCUT2D eigenvalue weighted by atomic mass is 10.2. The van der Waals surface area contributed by atoms with Crippen LogP contribution in [0.2, 0.25) is 10.0 Å². The maximum atomic E-state index is 11.8. The molecular formula is C15H12Cl2N2O. The van der Waals surface area contributed by atoms with Gasteiger partial charge in [-0.25, -0.2) is 0 Å². The third-order valence-corrected chi connectivity index (χ3v) is 3.21. The fraction of sp³-hybridized carbons (Fsp3) is 0. The van der Waals surface area contributed by atoms with E-state index in [2.05, 4.69) is 5.32 Å². The number of halogens is 2. The van der Waals surface area contributed by atoms with Gasteiger partial charge in [-0.1, -0.05) is 53.5 Å². The molecule has 3 N–H and O–H groups in total. The molecule has 0 spiro atoms. The van der Waals surface area contributed by atoms with Gasteiger partial charge in [-0.3, -0.25) is 4.79 Å². The summed E-state index contributed by atoms with van der Waals surface area (Å²) in [5, 5.41) is 3.34. The van der Waals surface area contributed by atoms with Gasteiger partial charge >= 0.3 is 0 Å². The van der Waals surface area contributed by atoms with E-state index in [-0.39, 0.29) is 5.91 Å². The summed E-state index contributed by atoms with van der Waals surface area (Å²) in [6, 6.07) is 12.5. The maximum absolute atomic E-state index is 11.8. The molecule has 0 aliphatic carbocycles. The maximum Gasteiger partial charge on any atom is 0.248 e.